The molecule has 0 amide bonds. The first-order chi connectivity index (χ1) is 9.54. The van der Waals surface area contributed by atoms with Crippen LogP contribution in [0.15, 0.2) is 23.1 Å². The monoisotopic (exact) mass is 314 g/mol. The highest BCUT2D eigenvalue weighted by molar-refractivity contribution is 7.89. The summed E-state index contributed by atoms with van der Waals surface area (Å²) in [5.74, 6) is -0.522. The van der Waals surface area contributed by atoms with Gasteiger partial charge in [-0.2, -0.15) is 0 Å². The molecule has 1 aliphatic rings. The molecule has 0 heterocycles. The molecule has 0 spiro atoms. The first-order valence-electron chi connectivity index (χ1n) is 7.02. The summed E-state index contributed by atoms with van der Waals surface area (Å²) in [5.41, 5.74) is 6.14. The Balaban J connectivity index is 2.14. The Hall–Kier alpha value is -0.980. The van der Waals surface area contributed by atoms with E-state index in [1.54, 1.807) is 0 Å². The average Bonchev–Trinajstić information content (AvgIpc) is 2.76. The Morgan fingerprint density at radius 1 is 1.24 bits per heavy atom. The molecule has 0 radical (unpaired) electrons. The molecule has 0 atom stereocenters. The number of sulfonamides is 1. The molecule has 6 heteroatoms. The van der Waals surface area contributed by atoms with Crippen LogP contribution in [0, 0.1) is 22.6 Å². The second-order valence-corrected chi connectivity index (χ2v) is 8.55. The summed E-state index contributed by atoms with van der Waals surface area (Å²) in [5, 5.41) is 0. The number of nitrogens with one attached hydrogen (secondary N) is 1. The maximum absolute atomic E-state index is 13.9. The predicted molar refractivity (Wildman–Crippen MR) is 80.5 cm³/mol. The van der Waals surface area contributed by atoms with Crippen molar-refractivity contribution in [2.24, 2.45) is 22.5 Å². The topological polar surface area (TPSA) is 72.2 Å². The molecule has 2 rings (SSSR count). The van der Waals surface area contributed by atoms with E-state index in [-0.39, 0.29) is 28.2 Å². The number of benzene rings is 1. The summed E-state index contributed by atoms with van der Waals surface area (Å²) in [4.78, 5) is -0.323. The Morgan fingerprint density at radius 2 is 1.81 bits per heavy atom. The molecular weight excluding hydrogens is 291 g/mol. The van der Waals surface area contributed by atoms with Gasteiger partial charge in [0.05, 0.1) is 0 Å². The molecule has 0 unspecified atom stereocenters. The van der Waals surface area contributed by atoms with Gasteiger partial charge < -0.3 is 5.73 Å². The second-order valence-electron chi connectivity index (χ2n) is 6.82. The van der Waals surface area contributed by atoms with Crippen molar-refractivity contribution in [1.29, 1.82) is 0 Å². The number of rotatable bonds is 5. The first kappa shape index (κ1) is 16.4. The lowest BCUT2D eigenvalue weighted by molar-refractivity contribution is 0.457. The summed E-state index contributed by atoms with van der Waals surface area (Å²) in [6.45, 7) is 8.95. The molecule has 1 aliphatic carbocycles. The minimum atomic E-state index is -3.84. The minimum Gasteiger partial charge on any atom is -0.326 e. The van der Waals surface area contributed by atoms with Crippen LogP contribution in [0.25, 0.3) is 0 Å². The predicted octanol–water partition coefficient (Wildman–Crippen LogP) is 2.24. The fourth-order valence-electron chi connectivity index (χ4n) is 3.00. The van der Waals surface area contributed by atoms with Gasteiger partial charge in [0.2, 0.25) is 10.0 Å². The van der Waals surface area contributed by atoms with E-state index in [0.717, 1.165) is 0 Å². The second kappa shape index (κ2) is 5.04. The molecule has 1 saturated carbocycles. The summed E-state index contributed by atoms with van der Waals surface area (Å²) in [6, 6.07) is 3.96. The van der Waals surface area contributed by atoms with Crippen molar-refractivity contribution in [3.8, 4) is 0 Å². The average molecular weight is 314 g/mol. The van der Waals surface area contributed by atoms with E-state index in [0.29, 0.717) is 12.1 Å². The highest BCUT2D eigenvalue weighted by Gasteiger charge is 2.64. The van der Waals surface area contributed by atoms with Crippen molar-refractivity contribution in [1.82, 2.24) is 4.72 Å². The van der Waals surface area contributed by atoms with Crippen molar-refractivity contribution < 1.29 is 12.8 Å². The molecular formula is C15H23FN2O2S. The standard InChI is InChI=1S/C15H23FN2O2S/c1-14(2)13(15(14,3)4)9-18-21(19,20)12-6-5-10(8-17)7-11(12)16/h5-7,13,18H,8-9,17H2,1-4H3. The van der Waals surface area contributed by atoms with Crippen molar-refractivity contribution in [2.75, 3.05) is 6.54 Å². The Kier molecular flexibility index (Phi) is 3.93. The Labute approximate surface area is 126 Å². The molecule has 0 saturated heterocycles. The number of hydrogen-bond acceptors (Lipinski definition) is 3. The molecule has 0 bridgehead atoms. The van der Waals surface area contributed by atoms with E-state index in [1.165, 1.54) is 18.2 Å². The molecule has 0 aromatic heterocycles. The summed E-state index contributed by atoms with van der Waals surface area (Å²) >= 11 is 0. The zero-order chi connectivity index (χ0) is 16.1. The Bertz CT molecular complexity index is 640. The number of halogens is 1. The van der Waals surface area contributed by atoms with Gasteiger partial charge in [0, 0.05) is 13.1 Å². The van der Waals surface area contributed by atoms with E-state index in [1.807, 2.05) is 0 Å². The van der Waals surface area contributed by atoms with E-state index in [9.17, 15) is 12.8 Å². The van der Waals surface area contributed by atoms with Gasteiger partial charge in [-0.1, -0.05) is 33.8 Å². The van der Waals surface area contributed by atoms with Crippen LogP contribution in [0.3, 0.4) is 0 Å². The van der Waals surface area contributed by atoms with Crippen molar-refractivity contribution in [2.45, 2.75) is 39.1 Å². The summed E-state index contributed by atoms with van der Waals surface area (Å²) in [6.07, 6.45) is 0. The van der Waals surface area contributed by atoms with Gasteiger partial charge in [-0.05, 0) is 34.4 Å². The van der Waals surface area contributed by atoms with Gasteiger partial charge in [0.25, 0.3) is 0 Å². The molecule has 4 nitrogen and oxygen atoms in total. The number of hydrogen-bond donors (Lipinski definition) is 2. The maximum Gasteiger partial charge on any atom is 0.243 e. The SMILES string of the molecule is CC1(C)C(CNS(=O)(=O)c2ccc(CN)cc2F)C1(C)C. The first-order valence-corrected chi connectivity index (χ1v) is 8.50. The van der Waals surface area contributed by atoms with Crippen LogP contribution in [0.2, 0.25) is 0 Å². The highest BCUT2D eigenvalue weighted by atomic mass is 32.2. The van der Waals surface area contributed by atoms with E-state index in [4.69, 9.17) is 5.73 Å². The van der Waals surface area contributed by atoms with Crippen LogP contribution in [0.1, 0.15) is 33.3 Å². The smallest absolute Gasteiger partial charge is 0.243 e. The van der Waals surface area contributed by atoms with Crippen LogP contribution in [0.5, 0.6) is 0 Å². The van der Waals surface area contributed by atoms with Gasteiger partial charge in [-0.25, -0.2) is 17.5 Å². The van der Waals surface area contributed by atoms with Crippen molar-refractivity contribution in [3.05, 3.63) is 29.6 Å². The van der Waals surface area contributed by atoms with Gasteiger partial charge in [-0.3, -0.25) is 0 Å². The third kappa shape index (κ3) is 2.72. The minimum absolute atomic E-state index is 0.0808. The quantitative estimate of drug-likeness (QED) is 0.875. The number of nitrogens with two attached hydrogens (primary N) is 1. The third-order valence-electron chi connectivity index (χ3n) is 5.32. The fourth-order valence-corrected chi connectivity index (χ4v) is 4.11. The van der Waals surface area contributed by atoms with E-state index >= 15 is 0 Å². The third-order valence-corrected chi connectivity index (χ3v) is 6.78. The highest BCUT2D eigenvalue weighted by Crippen LogP contribution is 2.67. The van der Waals surface area contributed by atoms with E-state index < -0.39 is 15.8 Å². The molecule has 1 fully saturated rings. The maximum atomic E-state index is 13.9. The van der Waals surface area contributed by atoms with Gasteiger partial charge in [0.1, 0.15) is 10.7 Å². The van der Waals surface area contributed by atoms with Crippen LogP contribution in [-0.2, 0) is 16.6 Å². The summed E-state index contributed by atoms with van der Waals surface area (Å²) in [7, 11) is -3.84. The normalized spacial score (nSPS) is 20.5. The molecule has 1 aromatic carbocycles. The molecule has 1 aromatic rings. The van der Waals surface area contributed by atoms with Gasteiger partial charge >= 0.3 is 0 Å². The van der Waals surface area contributed by atoms with Crippen LogP contribution >= 0.6 is 0 Å². The van der Waals surface area contributed by atoms with Crippen molar-refractivity contribution in [3.63, 3.8) is 0 Å². The largest absolute Gasteiger partial charge is 0.326 e. The molecule has 118 valence electrons. The Morgan fingerprint density at radius 3 is 2.24 bits per heavy atom. The van der Waals surface area contributed by atoms with Crippen LogP contribution in [0.4, 0.5) is 4.39 Å². The lowest BCUT2D eigenvalue weighted by Crippen LogP contribution is -2.28. The van der Waals surface area contributed by atoms with Crippen LogP contribution < -0.4 is 10.5 Å². The van der Waals surface area contributed by atoms with Crippen molar-refractivity contribution >= 4 is 10.0 Å². The molecule has 3 N–H and O–H groups in total. The molecule has 0 aliphatic heterocycles. The lowest BCUT2D eigenvalue weighted by Gasteiger charge is -2.09. The molecule has 21 heavy (non-hydrogen) atoms. The summed E-state index contributed by atoms with van der Waals surface area (Å²) < 4.78 is 40.9. The lowest BCUT2D eigenvalue weighted by atomic mass is 10.0. The van der Waals surface area contributed by atoms with Crippen LogP contribution in [-0.4, -0.2) is 15.0 Å². The zero-order valence-electron chi connectivity index (χ0n) is 12.9. The van der Waals surface area contributed by atoms with Gasteiger partial charge in [-0.15, -0.1) is 0 Å². The fraction of sp³-hybridized carbons (Fsp3) is 0.600. The van der Waals surface area contributed by atoms with E-state index in [2.05, 4.69) is 32.4 Å². The van der Waals surface area contributed by atoms with Gasteiger partial charge in [0.15, 0.2) is 0 Å². The zero-order valence-corrected chi connectivity index (χ0v) is 13.7.